The van der Waals surface area contributed by atoms with E-state index in [-0.39, 0.29) is 5.78 Å². The van der Waals surface area contributed by atoms with Gasteiger partial charge in [-0.05, 0) is 19.8 Å². The molecule has 0 aliphatic rings. The quantitative estimate of drug-likeness (QED) is 0.741. The number of Topliss-reactive ketones (excluding diaryl/α,β-unsaturated/α-hetero) is 1. The fraction of sp³-hybridized carbons (Fsp3) is 0.667. The molecule has 16 heavy (non-hydrogen) atoms. The van der Waals surface area contributed by atoms with Crippen LogP contribution in [0.4, 0.5) is 5.13 Å². The van der Waals surface area contributed by atoms with Crippen LogP contribution in [-0.4, -0.2) is 23.4 Å². The third kappa shape index (κ3) is 3.30. The predicted molar refractivity (Wildman–Crippen MR) is 69.4 cm³/mol. The van der Waals surface area contributed by atoms with Crippen molar-refractivity contribution in [1.29, 1.82) is 0 Å². The highest BCUT2D eigenvalue weighted by Gasteiger charge is 2.16. The molecule has 0 N–H and O–H groups in total. The molecule has 4 heteroatoms. The van der Waals surface area contributed by atoms with Crippen molar-refractivity contribution in [1.82, 2.24) is 4.98 Å². The average molecular weight is 240 g/mol. The van der Waals surface area contributed by atoms with Crippen molar-refractivity contribution in [3.8, 4) is 0 Å². The monoisotopic (exact) mass is 240 g/mol. The minimum Gasteiger partial charge on any atom is -0.345 e. The number of hydrogen-bond donors (Lipinski definition) is 0. The maximum absolute atomic E-state index is 11.2. The molecular formula is C12H20N2OS. The summed E-state index contributed by atoms with van der Waals surface area (Å²) in [7, 11) is 0. The lowest BCUT2D eigenvalue weighted by Crippen LogP contribution is -2.33. The SMILES string of the molecule is CC(=O)c1cnc(N(CC(C)C)C(C)C)s1. The zero-order valence-corrected chi connectivity index (χ0v) is 11.5. The van der Waals surface area contributed by atoms with Gasteiger partial charge in [-0.15, -0.1) is 0 Å². The van der Waals surface area contributed by atoms with Crippen LogP contribution in [0.25, 0.3) is 0 Å². The molecule has 1 aromatic heterocycles. The largest absolute Gasteiger partial charge is 0.345 e. The second-order valence-corrected chi connectivity index (χ2v) is 5.71. The van der Waals surface area contributed by atoms with E-state index < -0.39 is 0 Å². The molecular weight excluding hydrogens is 220 g/mol. The third-order valence-electron chi connectivity index (χ3n) is 2.27. The van der Waals surface area contributed by atoms with Crippen LogP contribution < -0.4 is 4.90 Å². The van der Waals surface area contributed by atoms with E-state index in [1.807, 2.05) is 0 Å². The first-order chi connectivity index (χ1) is 7.41. The fourth-order valence-corrected chi connectivity index (χ4v) is 2.42. The number of rotatable bonds is 5. The van der Waals surface area contributed by atoms with Gasteiger partial charge in [-0.3, -0.25) is 4.79 Å². The van der Waals surface area contributed by atoms with E-state index in [0.29, 0.717) is 12.0 Å². The van der Waals surface area contributed by atoms with Gasteiger partial charge in [-0.25, -0.2) is 4.98 Å². The number of nitrogens with zero attached hydrogens (tertiary/aromatic N) is 2. The first-order valence-corrected chi connectivity index (χ1v) is 6.47. The summed E-state index contributed by atoms with van der Waals surface area (Å²) in [5, 5.41) is 0.953. The zero-order valence-electron chi connectivity index (χ0n) is 10.7. The van der Waals surface area contributed by atoms with Crippen molar-refractivity contribution in [3.05, 3.63) is 11.1 Å². The molecule has 0 saturated carbocycles. The van der Waals surface area contributed by atoms with Gasteiger partial charge in [-0.2, -0.15) is 0 Å². The minimum absolute atomic E-state index is 0.0944. The predicted octanol–water partition coefficient (Wildman–Crippen LogP) is 3.22. The molecule has 1 heterocycles. The molecule has 0 atom stereocenters. The van der Waals surface area contributed by atoms with Crippen LogP contribution in [-0.2, 0) is 0 Å². The van der Waals surface area contributed by atoms with Gasteiger partial charge in [0.1, 0.15) is 0 Å². The highest BCUT2D eigenvalue weighted by Crippen LogP contribution is 2.25. The van der Waals surface area contributed by atoms with E-state index in [9.17, 15) is 4.79 Å². The molecule has 0 bridgehead atoms. The topological polar surface area (TPSA) is 33.2 Å². The summed E-state index contributed by atoms with van der Waals surface area (Å²) < 4.78 is 0. The Morgan fingerprint density at radius 1 is 1.44 bits per heavy atom. The van der Waals surface area contributed by atoms with E-state index >= 15 is 0 Å². The number of thiazole rings is 1. The zero-order chi connectivity index (χ0) is 12.3. The molecule has 0 amide bonds. The number of ketones is 1. The van der Waals surface area contributed by atoms with Gasteiger partial charge in [-0.1, -0.05) is 25.2 Å². The Hall–Kier alpha value is -0.900. The number of aromatic nitrogens is 1. The van der Waals surface area contributed by atoms with Gasteiger partial charge in [0.15, 0.2) is 10.9 Å². The molecule has 3 nitrogen and oxygen atoms in total. The van der Waals surface area contributed by atoms with Crippen LogP contribution in [0.3, 0.4) is 0 Å². The maximum atomic E-state index is 11.2. The molecule has 0 fully saturated rings. The molecule has 0 spiro atoms. The molecule has 0 aliphatic heterocycles. The van der Waals surface area contributed by atoms with E-state index in [1.54, 1.807) is 13.1 Å². The Balaban J connectivity index is 2.88. The summed E-state index contributed by atoms with van der Waals surface area (Å²) in [5.41, 5.74) is 0. The summed E-state index contributed by atoms with van der Waals surface area (Å²) in [6, 6.07) is 0.411. The van der Waals surface area contributed by atoms with Crippen molar-refractivity contribution < 1.29 is 4.79 Å². The molecule has 1 aromatic rings. The Labute approximate surface area is 101 Å². The summed E-state index contributed by atoms with van der Waals surface area (Å²) in [4.78, 5) is 18.6. The minimum atomic E-state index is 0.0944. The second kappa shape index (κ2) is 5.43. The summed E-state index contributed by atoms with van der Waals surface area (Å²) in [6.07, 6.45) is 1.68. The van der Waals surface area contributed by atoms with Crippen LogP contribution in [0, 0.1) is 5.92 Å². The van der Waals surface area contributed by atoms with E-state index in [2.05, 4.69) is 37.6 Å². The number of carbonyl (C=O) groups is 1. The molecule has 90 valence electrons. The second-order valence-electron chi connectivity index (χ2n) is 4.70. The summed E-state index contributed by atoms with van der Waals surface area (Å²) in [5.74, 6) is 0.684. The lowest BCUT2D eigenvalue weighted by molar-refractivity contribution is 0.102. The van der Waals surface area contributed by atoms with Crippen molar-refractivity contribution >= 4 is 22.3 Å². The first-order valence-electron chi connectivity index (χ1n) is 5.65. The number of anilines is 1. The molecule has 0 unspecified atom stereocenters. The van der Waals surface area contributed by atoms with E-state index in [1.165, 1.54) is 11.3 Å². The highest BCUT2D eigenvalue weighted by molar-refractivity contribution is 7.17. The van der Waals surface area contributed by atoms with Gasteiger partial charge >= 0.3 is 0 Å². The molecule has 1 rings (SSSR count). The van der Waals surface area contributed by atoms with Crippen molar-refractivity contribution in [2.24, 2.45) is 5.92 Å². The van der Waals surface area contributed by atoms with Gasteiger partial charge < -0.3 is 4.90 Å². The smallest absolute Gasteiger partial charge is 0.186 e. The Morgan fingerprint density at radius 2 is 2.06 bits per heavy atom. The highest BCUT2D eigenvalue weighted by atomic mass is 32.1. The first kappa shape index (κ1) is 13.2. The number of hydrogen-bond acceptors (Lipinski definition) is 4. The van der Waals surface area contributed by atoms with Gasteiger partial charge in [0.05, 0.1) is 11.1 Å². The Morgan fingerprint density at radius 3 is 2.44 bits per heavy atom. The van der Waals surface area contributed by atoms with E-state index in [0.717, 1.165) is 16.6 Å². The summed E-state index contributed by atoms with van der Waals surface area (Å²) >= 11 is 1.48. The summed E-state index contributed by atoms with van der Waals surface area (Å²) in [6.45, 7) is 11.2. The molecule has 0 aliphatic carbocycles. The van der Waals surface area contributed by atoms with Crippen molar-refractivity contribution in [2.75, 3.05) is 11.4 Å². The fourth-order valence-electron chi connectivity index (χ4n) is 1.46. The van der Waals surface area contributed by atoms with E-state index in [4.69, 9.17) is 0 Å². The van der Waals surface area contributed by atoms with Gasteiger partial charge in [0, 0.05) is 19.5 Å². The van der Waals surface area contributed by atoms with Gasteiger partial charge in [0.2, 0.25) is 0 Å². The standard InChI is InChI=1S/C12H20N2OS/c1-8(2)7-14(9(3)4)12-13-6-11(16-12)10(5)15/h6,8-9H,7H2,1-5H3. The third-order valence-corrected chi connectivity index (χ3v) is 3.41. The molecule has 0 saturated heterocycles. The van der Waals surface area contributed by atoms with Crippen LogP contribution in [0.1, 0.15) is 44.3 Å². The maximum Gasteiger partial charge on any atom is 0.186 e. The lowest BCUT2D eigenvalue weighted by atomic mass is 10.2. The van der Waals surface area contributed by atoms with Gasteiger partial charge in [0.25, 0.3) is 0 Å². The van der Waals surface area contributed by atoms with Crippen LogP contribution >= 0.6 is 11.3 Å². The van der Waals surface area contributed by atoms with Crippen molar-refractivity contribution in [2.45, 2.75) is 40.7 Å². The molecule has 0 radical (unpaired) electrons. The number of carbonyl (C=O) groups excluding carboxylic acids is 1. The van der Waals surface area contributed by atoms with Crippen LogP contribution in [0.2, 0.25) is 0 Å². The average Bonchev–Trinajstić information content (AvgIpc) is 2.61. The lowest BCUT2D eigenvalue weighted by Gasteiger charge is -2.27. The Bertz CT molecular complexity index is 358. The van der Waals surface area contributed by atoms with Crippen molar-refractivity contribution in [3.63, 3.8) is 0 Å². The van der Waals surface area contributed by atoms with Crippen LogP contribution in [0.5, 0.6) is 0 Å². The molecule has 0 aromatic carbocycles. The normalized spacial score (nSPS) is 11.2. The van der Waals surface area contributed by atoms with Crippen LogP contribution in [0.15, 0.2) is 6.20 Å². The Kier molecular flexibility index (Phi) is 4.47.